The number of carboxylic acids is 1. The number of nitrogens with one attached hydrogen (secondary N) is 1. The van der Waals surface area contributed by atoms with E-state index < -0.39 is 23.3 Å². The van der Waals surface area contributed by atoms with Crippen LogP contribution in [0.15, 0.2) is 12.7 Å². The molecule has 1 heterocycles. The summed E-state index contributed by atoms with van der Waals surface area (Å²) in [5.41, 5.74) is -0.500. The van der Waals surface area contributed by atoms with Crippen molar-refractivity contribution >= 4 is 17.8 Å². The molecule has 7 heteroatoms. The molecule has 1 saturated heterocycles. The Balaban J connectivity index is 2.63. The number of rotatable bonds is 7. The molecule has 0 aromatic rings. The maximum atomic E-state index is 12.4. The van der Waals surface area contributed by atoms with E-state index in [4.69, 9.17) is 4.74 Å². The number of nitrogens with zero attached hydrogens (tertiary/aromatic N) is 1. The van der Waals surface area contributed by atoms with Crippen LogP contribution in [-0.4, -0.2) is 60.1 Å². The summed E-state index contributed by atoms with van der Waals surface area (Å²) in [4.78, 5) is 37.7. The molecule has 7 nitrogen and oxygen atoms in total. The standard InChI is InChI=1S/C17H28N2O5/c1-5-9-24-11-13(15(21)22)18-14(20)12-7-6-8-19(10-12)16(23)17(2,3)4/h5,12-13H,1,6-11H2,2-4H3,(H,18,20)(H,21,22). The van der Waals surface area contributed by atoms with Gasteiger partial charge in [-0.15, -0.1) is 6.58 Å². The number of carbonyl (C=O) groups is 3. The van der Waals surface area contributed by atoms with Gasteiger partial charge in [0.05, 0.1) is 19.1 Å². The van der Waals surface area contributed by atoms with Crippen LogP contribution in [0.5, 0.6) is 0 Å². The van der Waals surface area contributed by atoms with Gasteiger partial charge in [-0.1, -0.05) is 26.8 Å². The molecule has 2 N–H and O–H groups in total. The van der Waals surface area contributed by atoms with Crippen molar-refractivity contribution in [2.75, 3.05) is 26.3 Å². The maximum absolute atomic E-state index is 12.4. The summed E-state index contributed by atoms with van der Waals surface area (Å²) in [6.45, 7) is 10.1. The van der Waals surface area contributed by atoms with Gasteiger partial charge in [-0.05, 0) is 12.8 Å². The summed E-state index contributed by atoms with van der Waals surface area (Å²) in [6.07, 6.45) is 2.88. The highest BCUT2D eigenvalue weighted by molar-refractivity contribution is 5.86. The highest BCUT2D eigenvalue weighted by Crippen LogP contribution is 2.23. The zero-order valence-electron chi connectivity index (χ0n) is 14.7. The molecule has 0 spiro atoms. The van der Waals surface area contributed by atoms with Gasteiger partial charge in [0, 0.05) is 18.5 Å². The van der Waals surface area contributed by atoms with E-state index in [-0.39, 0.29) is 25.0 Å². The second-order valence-corrected chi connectivity index (χ2v) is 7.07. The van der Waals surface area contributed by atoms with Crippen LogP contribution < -0.4 is 5.32 Å². The van der Waals surface area contributed by atoms with Crippen LogP contribution in [0.2, 0.25) is 0 Å². The van der Waals surface area contributed by atoms with Crippen LogP contribution in [0.3, 0.4) is 0 Å². The molecule has 1 aliphatic heterocycles. The molecule has 1 fully saturated rings. The molecule has 2 unspecified atom stereocenters. The minimum Gasteiger partial charge on any atom is -0.480 e. The predicted octanol–water partition coefficient (Wildman–Crippen LogP) is 1.04. The third-order valence-electron chi connectivity index (χ3n) is 3.86. The lowest BCUT2D eigenvalue weighted by Crippen LogP contribution is -2.52. The van der Waals surface area contributed by atoms with Crippen molar-refractivity contribution in [1.29, 1.82) is 0 Å². The van der Waals surface area contributed by atoms with E-state index >= 15 is 0 Å². The van der Waals surface area contributed by atoms with E-state index in [1.54, 1.807) is 4.90 Å². The van der Waals surface area contributed by atoms with Gasteiger partial charge < -0.3 is 20.1 Å². The molecule has 0 radical (unpaired) electrons. The van der Waals surface area contributed by atoms with E-state index in [2.05, 4.69) is 11.9 Å². The quantitative estimate of drug-likeness (QED) is 0.533. The lowest BCUT2D eigenvalue weighted by Gasteiger charge is -2.36. The first-order valence-electron chi connectivity index (χ1n) is 8.18. The van der Waals surface area contributed by atoms with Crippen molar-refractivity contribution in [3.8, 4) is 0 Å². The molecule has 0 aromatic carbocycles. The Morgan fingerprint density at radius 2 is 2.08 bits per heavy atom. The lowest BCUT2D eigenvalue weighted by atomic mass is 9.91. The summed E-state index contributed by atoms with van der Waals surface area (Å²) in [7, 11) is 0. The smallest absolute Gasteiger partial charge is 0.328 e. The highest BCUT2D eigenvalue weighted by Gasteiger charge is 2.34. The molecule has 1 rings (SSSR count). The number of hydrogen-bond donors (Lipinski definition) is 2. The van der Waals surface area contributed by atoms with E-state index in [0.29, 0.717) is 19.5 Å². The van der Waals surface area contributed by atoms with Crippen LogP contribution in [0.1, 0.15) is 33.6 Å². The molecule has 24 heavy (non-hydrogen) atoms. The van der Waals surface area contributed by atoms with Gasteiger partial charge in [0.1, 0.15) is 0 Å². The van der Waals surface area contributed by atoms with Crippen LogP contribution in [-0.2, 0) is 19.1 Å². The highest BCUT2D eigenvalue weighted by atomic mass is 16.5. The zero-order chi connectivity index (χ0) is 18.3. The Morgan fingerprint density at radius 1 is 1.42 bits per heavy atom. The normalized spacial score (nSPS) is 19.5. The number of amides is 2. The number of aliphatic carboxylic acids is 1. The average Bonchev–Trinajstić information content (AvgIpc) is 2.52. The van der Waals surface area contributed by atoms with Crippen molar-refractivity contribution in [3.05, 3.63) is 12.7 Å². The van der Waals surface area contributed by atoms with Crippen molar-refractivity contribution in [2.45, 2.75) is 39.7 Å². The molecule has 1 aliphatic rings. The molecule has 136 valence electrons. The van der Waals surface area contributed by atoms with Gasteiger partial charge in [-0.2, -0.15) is 0 Å². The molecular formula is C17H28N2O5. The van der Waals surface area contributed by atoms with Gasteiger partial charge in [0.15, 0.2) is 6.04 Å². The Morgan fingerprint density at radius 3 is 2.62 bits per heavy atom. The minimum atomic E-state index is -1.15. The summed E-state index contributed by atoms with van der Waals surface area (Å²) in [6, 6.07) is -1.11. The summed E-state index contributed by atoms with van der Waals surface area (Å²) < 4.78 is 5.12. The molecule has 2 atom stereocenters. The van der Waals surface area contributed by atoms with Gasteiger partial charge in [-0.3, -0.25) is 9.59 Å². The molecule has 2 amide bonds. The topological polar surface area (TPSA) is 95.9 Å². The van der Waals surface area contributed by atoms with Gasteiger partial charge in [0.2, 0.25) is 11.8 Å². The van der Waals surface area contributed by atoms with E-state index in [0.717, 1.165) is 6.42 Å². The largest absolute Gasteiger partial charge is 0.480 e. The van der Waals surface area contributed by atoms with Gasteiger partial charge in [-0.25, -0.2) is 4.79 Å². The summed E-state index contributed by atoms with van der Waals surface area (Å²) in [5.74, 6) is -1.89. The second kappa shape index (κ2) is 8.82. The fraction of sp³-hybridized carbons (Fsp3) is 0.706. The first kappa shape index (κ1) is 20.2. The number of hydrogen-bond acceptors (Lipinski definition) is 4. The zero-order valence-corrected chi connectivity index (χ0v) is 14.7. The number of piperidine rings is 1. The SMILES string of the molecule is C=CCOCC(NC(=O)C1CCCN(C(=O)C(C)(C)C)C1)C(=O)O. The molecule has 0 bridgehead atoms. The van der Waals surface area contributed by atoms with Crippen molar-refractivity contribution in [2.24, 2.45) is 11.3 Å². The van der Waals surface area contributed by atoms with Crippen molar-refractivity contribution < 1.29 is 24.2 Å². The maximum Gasteiger partial charge on any atom is 0.328 e. The van der Waals surface area contributed by atoms with Gasteiger partial charge >= 0.3 is 5.97 Å². The Bertz CT molecular complexity index is 484. The first-order valence-corrected chi connectivity index (χ1v) is 8.18. The fourth-order valence-corrected chi connectivity index (χ4v) is 2.58. The molecular weight excluding hydrogens is 312 g/mol. The number of likely N-dealkylation sites (tertiary alicyclic amines) is 1. The summed E-state index contributed by atoms with van der Waals surface area (Å²) in [5, 5.41) is 11.7. The number of ether oxygens (including phenoxy) is 1. The Labute approximate surface area is 143 Å². The van der Waals surface area contributed by atoms with Crippen LogP contribution in [0, 0.1) is 11.3 Å². The van der Waals surface area contributed by atoms with Crippen molar-refractivity contribution in [3.63, 3.8) is 0 Å². The van der Waals surface area contributed by atoms with Crippen LogP contribution >= 0.6 is 0 Å². The Hall–Kier alpha value is -1.89. The molecule has 0 aliphatic carbocycles. The molecule has 0 saturated carbocycles. The fourth-order valence-electron chi connectivity index (χ4n) is 2.58. The second-order valence-electron chi connectivity index (χ2n) is 7.07. The third kappa shape index (κ3) is 5.96. The van der Waals surface area contributed by atoms with Crippen molar-refractivity contribution in [1.82, 2.24) is 10.2 Å². The number of carbonyl (C=O) groups excluding carboxylic acids is 2. The van der Waals surface area contributed by atoms with E-state index in [9.17, 15) is 19.5 Å². The summed E-state index contributed by atoms with van der Waals surface area (Å²) >= 11 is 0. The van der Waals surface area contributed by atoms with Gasteiger partial charge in [0.25, 0.3) is 0 Å². The third-order valence-corrected chi connectivity index (χ3v) is 3.86. The average molecular weight is 340 g/mol. The monoisotopic (exact) mass is 340 g/mol. The predicted molar refractivity (Wildman–Crippen MR) is 89.3 cm³/mol. The van der Waals surface area contributed by atoms with Crippen LogP contribution in [0.25, 0.3) is 0 Å². The first-order chi connectivity index (χ1) is 11.2. The number of carboxylic acid groups (broad SMARTS) is 1. The lowest BCUT2D eigenvalue weighted by molar-refractivity contribution is -0.146. The van der Waals surface area contributed by atoms with E-state index in [1.807, 2.05) is 20.8 Å². The Kier molecular flexibility index (Phi) is 7.41. The molecule has 0 aromatic heterocycles. The van der Waals surface area contributed by atoms with Crippen LogP contribution in [0.4, 0.5) is 0 Å². The minimum absolute atomic E-state index is 0.00380. The van der Waals surface area contributed by atoms with E-state index in [1.165, 1.54) is 6.08 Å².